The SMILES string of the molecule is O=C1OC2(CCCC2)C(=O)N1CN1CCN(C(c2ccccc2)c2ccccc2)CC1. The molecule has 2 aromatic rings. The van der Waals surface area contributed by atoms with Crippen molar-refractivity contribution in [2.75, 3.05) is 32.8 Å². The summed E-state index contributed by atoms with van der Waals surface area (Å²) < 4.78 is 5.55. The third-order valence-corrected chi connectivity index (χ3v) is 6.89. The smallest absolute Gasteiger partial charge is 0.418 e. The lowest BCUT2D eigenvalue weighted by molar-refractivity contribution is -0.137. The van der Waals surface area contributed by atoms with Crippen LogP contribution in [0.3, 0.4) is 0 Å². The van der Waals surface area contributed by atoms with Crippen LogP contribution in [0.25, 0.3) is 0 Å². The Bertz CT molecular complexity index is 880. The number of amides is 2. The highest BCUT2D eigenvalue weighted by molar-refractivity contribution is 6.03. The molecule has 0 N–H and O–H groups in total. The van der Waals surface area contributed by atoms with E-state index in [4.69, 9.17) is 4.74 Å². The molecule has 6 nitrogen and oxygen atoms in total. The Kier molecular flexibility index (Phi) is 5.50. The maximum absolute atomic E-state index is 12.9. The number of carbonyl (C=O) groups is 2. The Morgan fingerprint density at radius 3 is 1.90 bits per heavy atom. The normalized spacial score (nSPS) is 21.9. The van der Waals surface area contributed by atoms with Gasteiger partial charge in [0.2, 0.25) is 0 Å². The highest BCUT2D eigenvalue weighted by atomic mass is 16.6. The van der Waals surface area contributed by atoms with E-state index in [1.54, 1.807) is 0 Å². The molecule has 0 atom stereocenters. The van der Waals surface area contributed by atoms with Crippen LogP contribution >= 0.6 is 0 Å². The molecule has 2 amide bonds. The Morgan fingerprint density at radius 1 is 0.806 bits per heavy atom. The van der Waals surface area contributed by atoms with Crippen molar-refractivity contribution in [3.63, 3.8) is 0 Å². The van der Waals surface area contributed by atoms with Gasteiger partial charge in [0.05, 0.1) is 12.7 Å². The molecule has 0 radical (unpaired) electrons. The zero-order chi connectivity index (χ0) is 21.3. The molecule has 1 saturated carbocycles. The van der Waals surface area contributed by atoms with Gasteiger partial charge in [-0.15, -0.1) is 0 Å². The van der Waals surface area contributed by atoms with Gasteiger partial charge in [-0.25, -0.2) is 9.69 Å². The maximum atomic E-state index is 12.9. The van der Waals surface area contributed by atoms with E-state index in [1.807, 2.05) is 12.1 Å². The first-order valence-electron chi connectivity index (χ1n) is 11.3. The number of hydrogen-bond donors (Lipinski definition) is 0. The van der Waals surface area contributed by atoms with E-state index in [0.717, 1.165) is 39.0 Å². The summed E-state index contributed by atoms with van der Waals surface area (Å²) in [5.41, 5.74) is 1.69. The number of carbonyl (C=O) groups excluding carboxylic acids is 2. The average Bonchev–Trinajstić information content (AvgIpc) is 3.37. The summed E-state index contributed by atoms with van der Waals surface area (Å²) >= 11 is 0. The summed E-state index contributed by atoms with van der Waals surface area (Å²) in [6.07, 6.45) is 2.76. The Labute approximate surface area is 183 Å². The molecule has 3 fully saturated rings. The highest BCUT2D eigenvalue weighted by Gasteiger charge is 2.55. The maximum Gasteiger partial charge on any atom is 0.418 e. The van der Waals surface area contributed by atoms with Crippen LogP contribution in [-0.2, 0) is 9.53 Å². The molecule has 31 heavy (non-hydrogen) atoms. The number of nitrogens with zero attached hydrogens (tertiary/aromatic N) is 3. The minimum Gasteiger partial charge on any atom is -0.432 e. The molecular weight excluding hydrogens is 390 g/mol. The van der Waals surface area contributed by atoms with Crippen LogP contribution in [-0.4, -0.2) is 65.1 Å². The Hall–Kier alpha value is -2.70. The lowest BCUT2D eigenvalue weighted by atomic mass is 9.96. The molecule has 2 heterocycles. The molecule has 6 heteroatoms. The molecule has 0 aromatic heterocycles. The predicted molar refractivity (Wildman–Crippen MR) is 117 cm³/mol. The van der Waals surface area contributed by atoms with Gasteiger partial charge >= 0.3 is 6.09 Å². The number of imide groups is 1. The van der Waals surface area contributed by atoms with Crippen LogP contribution in [0.4, 0.5) is 4.79 Å². The van der Waals surface area contributed by atoms with Crippen molar-refractivity contribution in [3.05, 3.63) is 71.8 Å². The summed E-state index contributed by atoms with van der Waals surface area (Å²) in [6, 6.07) is 21.4. The van der Waals surface area contributed by atoms with Gasteiger partial charge in [0, 0.05) is 26.2 Å². The molecule has 1 spiro atoms. The fourth-order valence-corrected chi connectivity index (χ4v) is 5.23. The Balaban J connectivity index is 1.26. The molecule has 0 bridgehead atoms. The van der Waals surface area contributed by atoms with Gasteiger partial charge in [-0.05, 0) is 36.8 Å². The topological polar surface area (TPSA) is 53.1 Å². The molecule has 2 aliphatic heterocycles. The minimum absolute atomic E-state index is 0.135. The van der Waals surface area contributed by atoms with Crippen molar-refractivity contribution in [2.45, 2.75) is 37.3 Å². The van der Waals surface area contributed by atoms with Gasteiger partial charge in [-0.1, -0.05) is 60.7 Å². The zero-order valence-corrected chi connectivity index (χ0v) is 17.8. The van der Waals surface area contributed by atoms with Gasteiger partial charge in [-0.3, -0.25) is 14.6 Å². The van der Waals surface area contributed by atoms with Crippen molar-refractivity contribution in [1.29, 1.82) is 0 Å². The van der Waals surface area contributed by atoms with Crippen molar-refractivity contribution in [2.24, 2.45) is 0 Å². The summed E-state index contributed by atoms with van der Waals surface area (Å²) in [4.78, 5) is 31.3. The molecule has 2 aromatic carbocycles. The second kappa shape index (κ2) is 8.44. The average molecular weight is 420 g/mol. The second-order valence-electron chi connectivity index (χ2n) is 8.82. The van der Waals surface area contributed by atoms with Gasteiger partial charge in [0.25, 0.3) is 5.91 Å². The van der Waals surface area contributed by atoms with E-state index < -0.39 is 11.7 Å². The summed E-state index contributed by atoms with van der Waals surface area (Å²) in [7, 11) is 0. The third kappa shape index (κ3) is 3.86. The van der Waals surface area contributed by atoms with Crippen LogP contribution < -0.4 is 0 Å². The van der Waals surface area contributed by atoms with E-state index in [1.165, 1.54) is 16.0 Å². The fraction of sp³-hybridized carbons (Fsp3) is 0.440. The van der Waals surface area contributed by atoms with E-state index >= 15 is 0 Å². The summed E-state index contributed by atoms with van der Waals surface area (Å²) in [5.74, 6) is -0.135. The summed E-state index contributed by atoms with van der Waals surface area (Å²) in [5, 5.41) is 0. The molecule has 3 aliphatic rings. The molecule has 162 valence electrons. The van der Waals surface area contributed by atoms with E-state index in [0.29, 0.717) is 19.5 Å². The lowest BCUT2D eigenvalue weighted by Crippen LogP contribution is -2.52. The Morgan fingerprint density at radius 2 is 1.35 bits per heavy atom. The monoisotopic (exact) mass is 419 g/mol. The molecule has 5 rings (SSSR count). The minimum atomic E-state index is -0.870. The van der Waals surface area contributed by atoms with Crippen LogP contribution in [0.1, 0.15) is 42.9 Å². The molecule has 1 aliphatic carbocycles. The van der Waals surface area contributed by atoms with E-state index in [2.05, 4.69) is 58.3 Å². The first-order chi connectivity index (χ1) is 15.2. The van der Waals surface area contributed by atoms with Crippen LogP contribution in [0, 0.1) is 0 Å². The van der Waals surface area contributed by atoms with Crippen LogP contribution in [0.2, 0.25) is 0 Å². The van der Waals surface area contributed by atoms with Crippen molar-refractivity contribution in [1.82, 2.24) is 14.7 Å². The van der Waals surface area contributed by atoms with Crippen molar-refractivity contribution < 1.29 is 14.3 Å². The predicted octanol–water partition coefficient (Wildman–Crippen LogP) is 3.64. The first-order valence-corrected chi connectivity index (χ1v) is 11.3. The summed E-state index contributed by atoms with van der Waals surface area (Å²) in [6.45, 7) is 3.68. The molecule has 2 saturated heterocycles. The number of hydrogen-bond acceptors (Lipinski definition) is 5. The number of ether oxygens (including phenoxy) is 1. The molecule has 0 unspecified atom stereocenters. The van der Waals surface area contributed by atoms with Crippen molar-refractivity contribution in [3.8, 4) is 0 Å². The van der Waals surface area contributed by atoms with Gasteiger partial charge in [0.15, 0.2) is 5.60 Å². The quantitative estimate of drug-likeness (QED) is 0.741. The van der Waals surface area contributed by atoms with Crippen LogP contribution in [0.5, 0.6) is 0 Å². The third-order valence-electron chi connectivity index (χ3n) is 6.89. The van der Waals surface area contributed by atoms with Gasteiger partial charge in [0.1, 0.15) is 0 Å². The number of benzene rings is 2. The standard InChI is InChI=1S/C25H29N3O3/c29-23-25(13-7-8-14-25)31-24(30)28(23)19-26-15-17-27(18-16-26)22(20-9-3-1-4-10-20)21-11-5-2-6-12-21/h1-6,9-12,22H,7-8,13-19H2. The van der Waals surface area contributed by atoms with Gasteiger partial charge < -0.3 is 4.74 Å². The number of piperazine rings is 1. The van der Waals surface area contributed by atoms with Crippen LogP contribution in [0.15, 0.2) is 60.7 Å². The van der Waals surface area contributed by atoms with E-state index in [9.17, 15) is 9.59 Å². The van der Waals surface area contributed by atoms with Crippen molar-refractivity contribution >= 4 is 12.0 Å². The number of rotatable bonds is 5. The lowest BCUT2D eigenvalue weighted by Gasteiger charge is -2.40. The second-order valence-corrected chi connectivity index (χ2v) is 8.82. The highest BCUT2D eigenvalue weighted by Crippen LogP contribution is 2.39. The first kappa shape index (κ1) is 20.2. The largest absolute Gasteiger partial charge is 0.432 e. The molecular formula is C25H29N3O3. The fourth-order valence-electron chi connectivity index (χ4n) is 5.23. The zero-order valence-electron chi connectivity index (χ0n) is 17.8. The van der Waals surface area contributed by atoms with E-state index in [-0.39, 0.29) is 11.9 Å². The van der Waals surface area contributed by atoms with Gasteiger partial charge in [-0.2, -0.15) is 0 Å².